The number of aliphatic imine (C=N–C) groups is 1. The third-order valence-corrected chi connectivity index (χ3v) is 5.16. The molecule has 1 fully saturated rings. The van der Waals surface area contributed by atoms with E-state index in [2.05, 4.69) is 15.6 Å². The Morgan fingerprint density at radius 1 is 1.17 bits per heavy atom. The summed E-state index contributed by atoms with van der Waals surface area (Å²) < 4.78 is 25.2. The second-order valence-corrected chi connectivity index (χ2v) is 7.20. The summed E-state index contributed by atoms with van der Waals surface area (Å²) in [5.74, 6) is 1.02. The summed E-state index contributed by atoms with van der Waals surface area (Å²) in [6.07, 6.45) is 1.60. The fraction of sp³-hybridized carbons (Fsp3) is 0.409. The minimum atomic E-state index is -0.402. The smallest absolute Gasteiger partial charge is 0.191 e. The molecule has 1 atom stereocenters. The minimum absolute atomic E-state index is 0.0712. The third kappa shape index (κ3) is 5.68. The van der Waals surface area contributed by atoms with Gasteiger partial charge in [0.2, 0.25) is 0 Å². The average Bonchev–Trinajstić information content (AvgIpc) is 3.20. The van der Waals surface area contributed by atoms with Gasteiger partial charge >= 0.3 is 0 Å². The topological polar surface area (TPSA) is 75.1 Å². The fourth-order valence-corrected chi connectivity index (χ4v) is 3.38. The number of nitrogens with zero attached hydrogens (tertiary/aromatic N) is 1. The molecule has 0 spiro atoms. The molecule has 0 amide bonds. The molecule has 1 saturated heterocycles. The molecule has 1 heterocycles. The summed E-state index contributed by atoms with van der Waals surface area (Å²) in [5, 5.41) is 16.0. The van der Waals surface area contributed by atoms with Crippen LogP contribution < -0.4 is 15.4 Å². The van der Waals surface area contributed by atoms with Gasteiger partial charge in [0.1, 0.15) is 5.75 Å². The van der Waals surface area contributed by atoms with Crippen molar-refractivity contribution in [1.82, 2.24) is 10.6 Å². The standard InChI is InChI=1S/C22H28FN3O3/c1-24-21(26-15-22(10-12-27)11-13-28-16-22)25-14-17-6-2-4-8-19(17)29-20-9-5-3-7-18(20)23/h2-9,27H,10-16H2,1H3,(H2,24,25,26). The maximum absolute atomic E-state index is 13.9. The van der Waals surface area contributed by atoms with Crippen LogP contribution in [0.1, 0.15) is 18.4 Å². The highest BCUT2D eigenvalue weighted by molar-refractivity contribution is 5.79. The number of benzene rings is 2. The van der Waals surface area contributed by atoms with Crippen molar-refractivity contribution in [2.24, 2.45) is 10.4 Å². The van der Waals surface area contributed by atoms with Crippen molar-refractivity contribution in [2.75, 3.05) is 33.4 Å². The van der Waals surface area contributed by atoms with Crippen LogP contribution in [-0.4, -0.2) is 44.5 Å². The number of ether oxygens (including phenoxy) is 2. The molecular formula is C22H28FN3O3. The molecule has 0 radical (unpaired) electrons. The van der Waals surface area contributed by atoms with Crippen LogP contribution in [0.3, 0.4) is 0 Å². The number of aliphatic hydroxyl groups is 1. The normalized spacial score (nSPS) is 19.2. The van der Waals surface area contributed by atoms with Crippen LogP contribution in [0.15, 0.2) is 53.5 Å². The van der Waals surface area contributed by atoms with E-state index in [1.807, 2.05) is 24.3 Å². The second kappa shape index (κ2) is 10.2. The average molecular weight is 401 g/mol. The van der Waals surface area contributed by atoms with E-state index in [9.17, 15) is 9.50 Å². The summed E-state index contributed by atoms with van der Waals surface area (Å²) in [6, 6.07) is 13.8. The zero-order chi connectivity index (χ0) is 20.5. The maximum atomic E-state index is 13.9. The zero-order valence-corrected chi connectivity index (χ0v) is 16.7. The van der Waals surface area contributed by atoms with Crippen LogP contribution in [0.5, 0.6) is 11.5 Å². The van der Waals surface area contributed by atoms with Gasteiger partial charge in [0.25, 0.3) is 0 Å². The fourth-order valence-electron chi connectivity index (χ4n) is 3.38. The number of nitrogens with one attached hydrogen (secondary N) is 2. The molecule has 0 aromatic heterocycles. The number of hydrogen-bond acceptors (Lipinski definition) is 4. The lowest BCUT2D eigenvalue weighted by atomic mass is 9.84. The third-order valence-electron chi connectivity index (χ3n) is 5.16. The first kappa shape index (κ1) is 21.1. The van der Waals surface area contributed by atoms with E-state index in [1.165, 1.54) is 6.07 Å². The van der Waals surface area contributed by atoms with Gasteiger partial charge in [-0.1, -0.05) is 30.3 Å². The molecule has 2 aromatic carbocycles. The van der Waals surface area contributed by atoms with Gasteiger partial charge < -0.3 is 25.2 Å². The molecule has 0 saturated carbocycles. The quantitative estimate of drug-likeness (QED) is 0.468. The Balaban J connectivity index is 1.60. The van der Waals surface area contributed by atoms with Crippen molar-refractivity contribution in [1.29, 1.82) is 0 Å². The van der Waals surface area contributed by atoms with Crippen LogP contribution in [0, 0.1) is 11.2 Å². The largest absolute Gasteiger partial charge is 0.454 e. The highest BCUT2D eigenvalue weighted by Gasteiger charge is 2.34. The lowest BCUT2D eigenvalue weighted by molar-refractivity contribution is 0.127. The molecular weight excluding hydrogens is 373 g/mol. The Hall–Kier alpha value is -2.64. The van der Waals surface area contributed by atoms with Crippen LogP contribution in [-0.2, 0) is 11.3 Å². The van der Waals surface area contributed by atoms with E-state index in [0.29, 0.717) is 44.4 Å². The first-order chi connectivity index (χ1) is 14.2. The van der Waals surface area contributed by atoms with Gasteiger partial charge in [-0.3, -0.25) is 4.99 Å². The SMILES string of the molecule is CN=C(NCc1ccccc1Oc1ccccc1F)NCC1(CCO)CCOC1. The summed E-state index contributed by atoms with van der Waals surface area (Å²) in [7, 11) is 1.71. The molecule has 3 rings (SSSR count). The lowest BCUT2D eigenvalue weighted by Crippen LogP contribution is -2.44. The van der Waals surface area contributed by atoms with Crippen LogP contribution in [0.4, 0.5) is 4.39 Å². The molecule has 1 aliphatic rings. The molecule has 156 valence electrons. The number of aliphatic hydroxyl groups excluding tert-OH is 1. The summed E-state index contributed by atoms with van der Waals surface area (Å²) in [6.45, 7) is 2.62. The van der Waals surface area contributed by atoms with E-state index in [4.69, 9.17) is 9.47 Å². The van der Waals surface area contributed by atoms with Crippen molar-refractivity contribution in [2.45, 2.75) is 19.4 Å². The van der Waals surface area contributed by atoms with E-state index in [1.54, 1.807) is 25.2 Å². The van der Waals surface area contributed by atoms with Gasteiger partial charge in [-0.2, -0.15) is 0 Å². The van der Waals surface area contributed by atoms with E-state index in [-0.39, 0.29) is 17.8 Å². The molecule has 0 bridgehead atoms. The highest BCUT2D eigenvalue weighted by Crippen LogP contribution is 2.31. The van der Waals surface area contributed by atoms with E-state index < -0.39 is 5.82 Å². The highest BCUT2D eigenvalue weighted by atomic mass is 19.1. The number of rotatable bonds is 8. The Kier molecular flexibility index (Phi) is 7.43. The Labute approximate surface area is 170 Å². The van der Waals surface area contributed by atoms with E-state index in [0.717, 1.165) is 12.0 Å². The molecule has 1 aliphatic heterocycles. The Bertz CT molecular complexity index is 822. The number of para-hydroxylation sites is 2. The van der Waals surface area contributed by atoms with Gasteiger partial charge in [0.05, 0.1) is 6.61 Å². The van der Waals surface area contributed by atoms with Gasteiger partial charge in [-0.05, 0) is 31.0 Å². The first-order valence-corrected chi connectivity index (χ1v) is 9.79. The van der Waals surface area contributed by atoms with E-state index >= 15 is 0 Å². The predicted molar refractivity (Wildman–Crippen MR) is 111 cm³/mol. The van der Waals surface area contributed by atoms with Gasteiger partial charge in [-0.25, -0.2) is 4.39 Å². The van der Waals surface area contributed by atoms with Crippen molar-refractivity contribution in [3.8, 4) is 11.5 Å². The van der Waals surface area contributed by atoms with Crippen molar-refractivity contribution < 1.29 is 19.0 Å². The number of hydrogen-bond donors (Lipinski definition) is 3. The van der Waals surface area contributed by atoms with Gasteiger partial charge in [0, 0.05) is 44.3 Å². The number of guanidine groups is 1. The van der Waals surface area contributed by atoms with Gasteiger partial charge in [0.15, 0.2) is 17.5 Å². The molecule has 7 heteroatoms. The summed E-state index contributed by atoms with van der Waals surface area (Å²) in [5.41, 5.74) is 0.811. The molecule has 6 nitrogen and oxygen atoms in total. The summed E-state index contributed by atoms with van der Waals surface area (Å²) in [4.78, 5) is 4.27. The molecule has 3 N–H and O–H groups in total. The van der Waals surface area contributed by atoms with Crippen LogP contribution in [0.2, 0.25) is 0 Å². The number of halogens is 1. The van der Waals surface area contributed by atoms with Crippen molar-refractivity contribution in [3.63, 3.8) is 0 Å². The molecule has 1 unspecified atom stereocenters. The van der Waals surface area contributed by atoms with Crippen LogP contribution >= 0.6 is 0 Å². The molecule has 29 heavy (non-hydrogen) atoms. The minimum Gasteiger partial charge on any atom is -0.454 e. The van der Waals surface area contributed by atoms with Crippen LogP contribution in [0.25, 0.3) is 0 Å². The molecule has 0 aliphatic carbocycles. The second-order valence-electron chi connectivity index (χ2n) is 7.20. The Morgan fingerprint density at radius 2 is 1.93 bits per heavy atom. The molecule has 2 aromatic rings. The lowest BCUT2D eigenvalue weighted by Gasteiger charge is -2.27. The van der Waals surface area contributed by atoms with Crippen molar-refractivity contribution in [3.05, 3.63) is 59.9 Å². The predicted octanol–water partition coefficient (Wildman–Crippen LogP) is 3.07. The van der Waals surface area contributed by atoms with Crippen molar-refractivity contribution >= 4 is 5.96 Å². The Morgan fingerprint density at radius 3 is 2.62 bits per heavy atom. The first-order valence-electron chi connectivity index (χ1n) is 9.79. The summed E-state index contributed by atoms with van der Waals surface area (Å²) >= 11 is 0. The van der Waals surface area contributed by atoms with Gasteiger partial charge in [-0.15, -0.1) is 0 Å². The zero-order valence-electron chi connectivity index (χ0n) is 16.7. The maximum Gasteiger partial charge on any atom is 0.191 e. The monoisotopic (exact) mass is 401 g/mol.